The minimum Gasteiger partial charge on any atom is -0.356 e. The Morgan fingerprint density at radius 2 is 2.11 bits per heavy atom. The Morgan fingerprint density at radius 1 is 1.39 bits per heavy atom. The Hall–Kier alpha value is -1.27. The highest BCUT2D eigenvalue weighted by atomic mass is 35.5. The number of anilines is 1. The third kappa shape index (κ3) is 2.76. The summed E-state index contributed by atoms with van der Waals surface area (Å²) in [6.07, 6.45) is 5.04. The van der Waals surface area contributed by atoms with E-state index in [0.717, 1.165) is 5.82 Å². The number of pyridine rings is 1. The van der Waals surface area contributed by atoms with Gasteiger partial charge in [-0.25, -0.2) is 4.98 Å². The van der Waals surface area contributed by atoms with Crippen molar-refractivity contribution in [1.82, 2.24) is 4.98 Å². The second kappa shape index (κ2) is 5.58. The second-order valence-corrected chi connectivity index (χ2v) is 5.48. The Balaban J connectivity index is 2.25. The molecular weight excluding hydrogens is 246 g/mol. The van der Waals surface area contributed by atoms with Gasteiger partial charge in [0.2, 0.25) is 0 Å². The van der Waals surface area contributed by atoms with E-state index in [4.69, 9.17) is 16.9 Å². The van der Waals surface area contributed by atoms with Gasteiger partial charge < -0.3 is 4.90 Å². The summed E-state index contributed by atoms with van der Waals surface area (Å²) >= 11 is 5.96. The molecule has 0 aromatic carbocycles. The summed E-state index contributed by atoms with van der Waals surface area (Å²) in [5.41, 5.74) is 0.570. The third-order valence-corrected chi connectivity index (χ3v) is 4.03. The quantitative estimate of drug-likeness (QED) is 0.765. The van der Waals surface area contributed by atoms with Crippen molar-refractivity contribution in [2.75, 3.05) is 11.9 Å². The Labute approximate surface area is 113 Å². The maximum absolute atomic E-state index is 8.98. The van der Waals surface area contributed by atoms with Crippen LogP contribution in [0.4, 0.5) is 5.82 Å². The summed E-state index contributed by atoms with van der Waals surface area (Å²) in [7, 11) is 2.05. The lowest BCUT2D eigenvalue weighted by molar-refractivity contribution is 0.320. The fourth-order valence-corrected chi connectivity index (χ4v) is 2.97. The zero-order valence-electron chi connectivity index (χ0n) is 10.9. The molecule has 2 atom stereocenters. The Morgan fingerprint density at radius 3 is 2.78 bits per heavy atom. The average molecular weight is 264 g/mol. The minimum absolute atomic E-state index is 0.388. The first-order valence-electron chi connectivity index (χ1n) is 6.42. The minimum atomic E-state index is 0.388. The molecule has 2 unspecified atom stereocenters. The summed E-state index contributed by atoms with van der Waals surface area (Å²) in [6, 6.07) is 6.04. The van der Waals surface area contributed by atoms with Gasteiger partial charge in [-0.1, -0.05) is 31.4 Å². The molecule has 4 heteroatoms. The fourth-order valence-electron chi connectivity index (χ4n) is 2.77. The van der Waals surface area contributed by atoms with E-state index in [1.807, 2.05) is 13.1 Å². The zero-order chi connectivity index (χ0) is 13.1. The van der Waals surface area contributed by atoms with Crippen LogP contribution in [0.1, 0.15) is 38.2 Å². The van der Waals surface area contributed by atoms with Crippen LogP contribution in [0.25, 0.3) is 0 Å². The van der Waals surface area contributed by atoms with Crippen molar-refractivity contribution in [3.63, 3.8) is 0 Å². The molecule has 0 aliphatic heterocycles. The zero-order valence-corrected chi connectivity index (χ0v) is 11.6. The monoisotopic (exact) mass is 263 g/mol. The van der Waals surface area contributed by atoms with Crippen LogP contribution in [0.15, 0.2) is 12.1 Å². The maximum Gasteiger partial charge on any atom is 0.132 e. The molecule has 3 nitrogen and oxygen atoms in total. The van der Waals surface area contributed by atoms with E-state index in [2.05, 4.69) is 22.9 Å². The van der Waals surface area contributed by atoms with Gasteiger partial charge in [-0.2, -0.15) is 5.26 Å². The molecule has 1 aromatic heterocycles. The van der Waals surface area contributed by atoms with Gasteiger partial charge >= 0.3 is 0 Å². The molecule has 0 N–H and O–H groups in total. The van der Waals surface area contributed by atoms with Gasteiger partial charge in [-0.05, 0) is 30.9 Å². The number of halogens is 1. The predicted octanol–water partition coefficient (Wildman–Crippen LogP) is 3.62. The van der Waals surface area contributed by atoms with Crippen molar-refractivity contribution < 1.29 is 0 Å². The van der Waals surface area contributed by atoms with Crippen LogP contribution >= 0.6 is 11.6 Å². The lowest BCUT2D eigenvalue weighted by Crippen LogP contribution is -2.39. The molecule has 0 saturated heterocycles. The van der Waals surface area contributed by atoms with E-state index >= 15 is 0 Å². The molecule has 1 aromatic rings. The molecule has 18 heavy (non-hydrogen) atoms. The first kappa shape index (κ1) is 13.2. The molecule has 1 saturated carbocycles. The average Bonchev–Trinajstić information content (AvgIpc) is 2.37. The molecule has 0 amide bonds. The van der Waals surface area contributed by atoms with Gasteiger partial charge in [0.05, 0.1) is 11.6 Å². The van der Waals surface area contributed by atoms with E-state index in [1.165, 1.54) is 25.7 Å². The third-order valence-electron chi connectivity index (χ3n) is 3.83. The molecule has 1 aliphatic rings. The normalized spacial score (nSPS) is 23.4. The van der Waals surface area contributed by atoms with Gasteiger partial charge in [0.1, 0.15) is 11.0 Å². The number of aromatic nitrogens is 1. The van der Waals surface area contributed by atoms with Crippen LogP contribution in [-0.4, -0.2) is 18.1 Å². The molecule has 1 heterocycles. The van der Waals surface area contributed by atoms with Crippen LogP contribution in [0.3, 0.4) is 0 Å². The number of rotatable bonds is 2. The first-order valence-corrected chi connectivity index (χ1v) is 6.80. The van der Waals surface area contributed by atoms with Crippen molar-refractivity contribution in [3.8, 4) is 6.07 Å². The Kier molecular flexibility index (Phi) is 4.08. The van der Waals surface area contributed by atoms with E-state index in [1.54, 1.807) is 6.07 Å². The lowest BCUT2D eigenvalue weighted by Gasteiger charge is -2.37. The summed E-state index contributed by atoms with van der Waals surface area (Å²) in [5.74, 6) is 1.47. The van der Waals surface area contributed by atoms with E-state index < -0.39 is 0 Å². The molecule has 0 bridgehead atoms. The van der Waals surface area contributed by atoms with Crippen LogP contribution < -0.4 is 4.90 Å². The van der Waals surface area contributed by atoms with Crippen molar-refractivity contribution in [2.24, 2.45) is 5.92 Å². The number of hydrogen-bond donors (Lipinski definition) is 0. The van der Waals surface area contributed by atoms with Crippen LogP contribution in [-0.2, 0) is 0 Å². The molecule has 0 spiro atoms. The van der Waals surface area contributed by atoms with E-state index in [-0.39, 0.29) is 0 Å². The van der Waals surface area contributed by atoms with Gasteiger partial charge in [0, 0.05) is 13.1 Å². The fraction of sp³-hybridized carbons (Fsp3) is 0.571. The molecular formula is C14H18ClN3. The van der Waals surface area contributed by atoms with Gasteiger partial charge in [0.25, 0.3) is 0 Å². The summed E-state index contributed by atoms with van der Waals surface area (Å²) in [4.78, 5) is 6.51. The smallest absolute Gasteiger partial charge is 0.132 e. The second-order valence-electron chi connectivity index (χ2n) is 5.09. The maximum atomic E-state index is 8.98. The first-order chi connectivity index (χ1) is 8.61. The largest absolute Gasteiger partial charge is 0.356 e. The summed E-state index contributed by atoms with van der Waals surface area (Å²) in [5, 5.41) is 9.36. The number of nitriles is 1. The summed E-state index contributed by atoms with van der Waals surface area (Å²) in [6.45, 7) is 2.29. The van der Waals surface area contributed by atoms with Crippen LogP contribution in [0.2, 0.25) is 5.15 Å². The number of hydrogen-bond acceptors (Lipinski definition) is 3. The predicted molar refractivity (Wildman–Crippen MR) is 73.8 cm³/mol. The van der Waals surface area contributed by atoms with Crippen molar-refractivity contribution in [2.45, 2.75) is 38.6 Å². The van der Waals surface area contributed by atoms with Gasteiger partial charge in [-0.15, -0.1) is 0 Å². The van der Waals surface area contributed by atoms with Crippen LogP contribution in [0.5, 0.6) is 0 Å². The van der Waals surface area contributed by atoms with Gasteiger partial charge in [0.15, 0.2) is 0 Å². The highest BCUT2D eigenvalue weighted by Gasteiger charge is 2.26. The highest BCUT2D eigenvalue weighted by Crippen LogP contribution is 2.30. The summed E-state index contributed by atoms with van der Waals surface area (Å²) < 4.78 is 0. The number of nitrogens with zero attached hydrogens (tertiary/aromatic N) is 3. The van der Waals surface area contributed by atoms with Crippen molar-refractivity contribution in [1.29, 1.82) is 5.26 Å². The van der Waals surface area contributed by atoms with Gasteiger partial charge in [-0.3, -0.25) is 0 Å². The molecule has 0 radical (unpaired) electrons. The lowest BCUT2D eigenvalue weighted by atomic mass is 9.85. The Bertz CT molecular complexity index is 467. The molecule has 1 fully saturated rings. The SMILES string of the molecule is CC1CCCCC1N(C)c1cc(C#N)cc(Cl)n1. The highest BCUT2D eigenvalue weighted by molar-refractivity contribution is 6.29. The molecule has 2 rings (SSSR count). The van der Waals surface area contributed by atoms with Crippen LogP contribution in [0, 0.1) is 17.2 Å². The topological polar surface area (TPSA) is 39.9 Å². The van der Waals surface area contributed by atoms with Crippen molar-refractivity contribution >= 4 is 17.4 Å². The van der Waals surface area contributed by atoms with E-state index in [0.29, 0.717) is 22.7 Å². The van der Waals surface area contributed by atoms with Crippen molar-refractivity contribution in [3.05, 3.63) is 22.8 Å². The molecule has 96 valence electrons. The molecule has 1 aliphatic carbocycles. The van der Waals surface area contributed by atoms with E-state index in [9.17, 15) is 0 Å². The standard InChI is InChI=1S/C14H18ClN3/c1-10-5-3-4-6-12(10)18(2)14-8-11(9-16)7-13(15)17-14/h7-8,10,12H,3-6H2,1-2H3.